The van der Waals surface area contributed by atoms with Crippen LogP contribution in [-0.2, 0) is 65.4 Å². The number of carbonyl (C=O) groups is 4. The highest BCUT2D eigenvalue weighted by molar-refractivity contribution is 7.47. The Hall–Kier alpha value is -1.94. The van der Waals surface area contributed by atoms with Gasteiger partial charge in [0.05, 0.1) is 26.4 Å². The third kappa shape index (κ3) is 64.8. The molecule has 5 atom stereocenters. The van der Waals surface area contributed by atoms with Gasteiger partial charge in [-0.3, -0.25) is 37.3 Å². The second-order valence-corrected chi connectivity index (χ2v) is 29.5. The molecule has 0 heterocycles. The Balaban J connectivity index is 5.22. The van der Waals surface area contributed by atoms with E-state index in [9.17, 15) is 43.2 Å². The molecule has 0 radical (unpaired) electrons. The Morgan fingerprint density at radius 1 is 0.300 bits per heavy atom. The largest absolute Gasteiger partial charge is 0.472 e. The maximum atomic E-state index is 13.0. The molecule has 0 aromatic heterocycles. The van der Waals surface area contributed by atoms with E-state index in [1.807, 2.05) is 0 Å². The summed E-state index contributed by atoms with van der Waals surface area (Å²) in [6.07, 6.45) is 48.8. The molecular weight excluding hydrogens is 1190 g/mol. The summed E-state index contributed by atoms with van der Waals surface area (Å²) in [4.78, 5) is 72.5. The quantitative estimate of drug-likeness (QED) is 0.0222. The average Bonchev–Trinajstić information content (AvgIpc) is 3.55. The maximum absolute atomic E-state index is 13.0. The van der Waals surface area contributed by atoms with Crippen LogP contribution in [0.2, 0.25) is 0 Å². The summed E-state index contributed by atoms with van der Waals surface area (Å²) in [5.41, 5.74) is 0. The van der Waals surface area contributed by atoms with Crippen molar-refractivity contribution in [3.63, 3.8) is 0 Å². The summed E-state index contributed by atoms with van der Waals surface area (Å²) in [5.74, 6) is -0.751. The smallest absolute Gasteiger partial charge is 0.462 e. The molecule has 0 aromatic rings. The number of carbonyl (C=O) groups excluding carboxylic acids is 4. The number of rotatable bonds is 70. The van der Waals surface area contributed by atoms with Gasteiger partial charge in [-0.05, 0) is 37.5 Å². The van der Waals surface area contributed by atoms with Crippen LogP contribution in [0.5, 0.6) is 0 Å². The van der Waals surface area contributed by atoms with E-state index in [-0.39, 0.29) is 25.7 Å². The molecule has 19 heteroatoms. The van der Waals surface area contributed by atoms with E-state index in [4.69, 9.17) is 37.0 Å². The van der Waals surface area contributed by atoms with Crippen LogP contribution in [-0.4, -0.2) is 96.7 Å². The topological polar surface area (TPSA) is 237 Å². The molecule has 0 rings (SSSR count). The summed E-state index contributed by atoms with van der Waals surface area (Å²) in [6, 6.07) is 0. The zero-order valence-electron chi connectivity index (χ0n) is 58.4. The molecule has 17 nitrogen and oxygen atoms in total. The second-order valence-electron chi connectivity index (χ2n) is 26.6. The first-order valence-corrected chi connectivity index (χ1v) is 40.0. The highest BCUT2D eigenvalue weighted by atomic mass is 31.2. The first kappa shape index (κ1) is 88.1. The number of hydrogen-bond acceptors (Lipinski definition) is 15. The highest BCUT2D eigenvalue weighted by Crippen LogP contribution is 2.45. The van der Waals surface area contributed by atoms with Gasteiger partial charge in [0, 0.05) is 25.7 Å². The molecule has 0 aliphatic rings. The summed E-state index contributed by atoms with van der Waals surface area (Å²) in [7, 11) is -9.90. The number of aliphatic hydroxyl groups is 1. The van der Waals surface area contributed by atoms with Gasteiger partial charge in [-0.15, -0.1) is 0 Å². The minimum Gasteiger partial charge on any atom is -0.462 e. The summed E-state index contributed by atoms with van der Waals surface area (Å²) < 4.78 is 68.3. The van der Waals surface area contributed by atoms with Crippen molar-refractivity contribution in [2.24, 2.45) is 11.8 Å². The monoisotopic (exact) mass is 1320 g/mol. The third-order valence-electron chi connectivity index (χ3n) is 16.5. The van der Waals surface area contributed by atoms with Crippen LogP contribution < -0.4 is 0 Å². The molecule has 0 aromatic carbocycles. The lowest BCUT2D eigenvalue weighted by atomic mass is 10.0. The van der Waals surface area contributed by atoms with Crippen LogP contribution in [0.3, 0.4) is 0 Å². The molecule has 0 saturated carbocycles. The van der Waals surface area contributed by atoms with E-state index >= 15 is 0 Å². The van der Waals surface area contributed by atoms with Gasteiger partial charge < -0.3 is 33.8 Å². The predicted molar refractivity (Wildman–Crippen MR) is 363 cm³/mol. The van der Waals surface area contributed by atoms with Crippen molar-refractivity contribution < 1.29 is 80.2 Å². The lowest BCUT2D eigenvalue weighted by Gasteiger charge is -2.21. The van der Waals surface area contributed by atoms with Crippen molar-refractivity contribution in [1.82, 2.24) is 0 Å². The van der Waals surface area contributed by atoms with Gasteiger partial charge in [0.1, 0.15) is 19.3 Å². The van der Waals surface area contributed by atoms with Gasteiger partial charge in [0.25, 0.3) is 0 Å². The third-order valence-corrected chi connectivity index (χ3v) is 18.4. The standard InChI is InChI=1S/C71H138O17P2/c1-7-9-11-13-15-17-19-21-23-24-25-27-29-31-35-43-49-55-70(75)87-66(59-81-68(73)53-47-41-34-30-28-26-22-20-18-16-14-12-10-8-2)61-85-89(77,78)83-57-65(72)58-84-90(79,80)86-62-67(60-82-69(74)54-48-42-38-37-40-46-52-64(5)6)88-71(76)56-50-44-36-32-33-39-45-51-63(3)4/h63-67,72H,7-62H2,1-6H3,(H,77,78)(H,79,80)/t65-,66-,67-/m1/s1. The van der Waals surface area contributed by atoms with Crippen LogP contribution in [0.25, 0.3) is 0 Å². The minimum absolute atomic E-state index is 0.103. The fourth-order valence-corrected chi connectivity index (χ4v) is 12.3. The van der Waals surface area contributed by atoms with E-state index in [0.29, 0.717) is 37.5 Å². The fraction of sp³-hybridized carbons (Fsp3) is 0.944. The average molecular weight is 1330 g/mol. The second kappa shape index (κ2) is 63.1. The summed E-state index contributed by atoms with van der Waals surface area (Å²) >= 11 is 0. The molecule has 0 bridgehead atoms. The summed E-state index contributed by atoms with van der Waals surface area (Å²) in [6.45, 7) is 9.41. The molecular formula is C71H138O17P2. The van der Waals surface area contributed by atoms with Crippen LogP contribution in [0.4, 0.5) is 0 Å². The normalized spacial score (nSPS) is 14.1. The van der Waals surface area contributed by atoms with Gasteiger partial charge >= 0.3 is 39.5 Å². The molecule has 534 valence electrons. The molecule has 2 unspecified atom stereocenters. The number of esters is 4. The number of hydrogen-bond donors (Lipinski definition) is 3. The number of phosphoric ester groups is 2. The molecule has 90 heavy (non-hydrogen) atoms. The number of ether oxygens (including phenoxy) is 4. The molecule has 3 N–H and O–H groups in total. The molecule has 0 amide bonds. The van der Waals surface area contributed by atoms with Crippen molar-refractivity contribution >= 4 is 39.5 Å². The SMILES string of the molecule is CCCCCCCCCCCCCCCCCCCC(=O)O[C@H](COC(=O)CCCCCCCCCCCCCCCC)COP(=O)(O)OC[C@@H](O)COP(=O)(O)OC[C@@H](COC(=O)CCCCCCCCC(C)C)OC(=O)CCCCCCCCCC(C)C. The van der Waals surface area contributed by atoms with Crippen molar-refractivity contribution in [1.29, 1.82) is 0 Å². The number of phosphoric acid groups is 2. The van der Waals surface area contributed by atoms with E-state index in [2.05, 4.69) is 41.5 Å². The Morgan fingerprint density at radius 3 is 0.756 bits per heavy atom. The summed E-state index contributed by atoms with van der Waals surface area (Å²) in [5, 5.41) is 10.6. The number of aliphatic hydroxyl groups excluding tert-OH is 1. The van der Waals surface area contributed by atoms with E-state index in [1.54, 1.807) is 0 Å². The van der Waals surface area contributed by atoms with Gasteiger partial charge in [-0.2, -0.15) is 0 Å². The zero-order valence-corrected chi connectivity index (χ0v) is 60.2. The maximum Gasteiger partial charge on any atom is 0.472 e. The zero-order chi connectivity index (χ0) is 66.5. The van der Waals surface area contributed by atoms with Crippen LogP contribution in [0.15, 0.2) is 0 Å². The van der Waals surface area contributed by atoms with E-state index in [0.717, 1.165) is 96.3 Å². The fourth-order valence-electron chi connectivity index (χ4n) is 10.8. The highest BCUT2D eigenvalue weighted by Gasteiger charge is 2.30. The molecule has 0 fully saturated rings. The Labute approximate surface area is 549 Å². The Kier molecular flexibility index (Phi) is 61.8. The molecule has 0 aliphatic heterocycles. The van der Waals surface area contributed by atoms with Crippen molar-refractivity contribution in [2.45, 2.75) is 381 Å². The first-order valence-electron chi connectivity index (χ1n) is 37.0. The van der Waals surface area contributed by atoms with E-state index in [1.165, 1.54) is 173 Å². The lowest BCUT2D eigenvalue weighted by molar-refractivity contribution is -0.161. The first-order chi connectivity index (χ1) is 43.4. The number of unbranched alkanes of at least 4 members (excludes halogenated alkanes) is 40. The van der Waals surface area contributed by atoms with Crippen LogP contribution in [0.1, 0.15) is 363 Å². The van der Waals surface area contributed by atoms with E-state index < -0.39 is 97.5 Å². The minimum atomic E-state index is -4.95. The van der Waals surface area contributed by atoms with Crippen molar-refractivity contribution in [3.8, 4) is 0 Å². The lowest BCUT2D eigenvalue weighted by Crippen LogP contribution is -2.30. The van der Waals surface area contributed by atoms with Gasteiger partial charge in [0.2, 0.25) is 0 Å². The van der Waals surface area contributed by atoms with Crippen LogP contribution in [0, 0.1) is 11.8 Å². The predicted octanol–water partition coefficient (Wildman–Crippen LogP) is 20.4. The van der Waals surface area contributed by atoms with Gasteiger partial charge in [-0.25, -0.2) is 9.13 Å². The van der Waals surface area contributed by atoms with Crippen LogP contribution >= 0.6 is 15.6 Å². The molecule has 0 spiro atoms. The van der Waals surface area contributed by atoms with Crippen molar-refractivity contribution in [2.75, 3.05) is 39.6 Å². The molecule has 0 saturated heterocycles. The van der Waals surface area contributed by atoms with Gasteiger partial charge in [0.15, 0.2) is 12.2 Å². The Bertz CT molecular complexity index is 1750. The Morgan fingerprint density at radius 2 is 0.511 bits per heavy atom. The van der Waals surface area contributed by atoms with Gasteiger partial charge in [-0.1, -0.05) is 311 Å². The van der Waals surface area contributed by atoms with Crippen molar-refractivity contribution in [3.05, 3.63) is 0 Å². The molecule has 0 aliphatic carbocycles.